The number of methoxy groups -OCH3 is 2. The largest absolute Gasteiger partial charge is 0.493 e. The molecule has 1 heterocycles. The van der Waals surface area contributed by atoms with Crippen molar-refractivity contribution in [2.24, 2.45) is 0 Å². The molecule has 0 radical (unpaired) electrons. The molecule has 1 aliphatic rings. The van der Waals surface area contributed by atoms with Gasteiger partial charge in [-0.15, -0.1) is 12.4 Å². The summed E-state index contributed by atoms with van der Waals surface area (Å²) in [6.45, 7) is 2.05. The van der Waals surface area contributed by atoms with Crippen molar-refractivity contribution in [3.8, 4) is 17.2 Å². The molecule has 0 amide bonds. The molecule has 0 saturated carbocycles. The van der Waals surface area contributed by atoms with Crippen LogP contribution in [0.4, 0.5) is 0 Å². The molecular weight excluding hydrogens is 254 g/mol. The van der Waals surface area contributed by atoms with Gasteiger partial charge in [0.05, 0.1) is 14.2 Å². The highest BCUT2D eigenvalue weighted by atomic mass is 35.5. The van der Waals surface area contributed by atoms with Crippen LogP contribution in [0.15, 0.2) is 18.2 Å². The van der Waals surface area contributed by atoms with Crippen LogP contribution in [0.3, 0.4) is 0 Å². The second-order valence-electron chi connectivity index (χ2n) is 4.08. The van der Waals surface area contributed by atoms with Gasteiger partial charge in [-0.05, 0) is 38.1 Å². The zero-order valence-corrected chi connectivity index (χ0v) is 11.6. The molecule has 18 heavy (non-hydrogen) atoms. The van der Waals surface area contributed by atoms with Crippen LogP contribution in [0.5, 0.6) is 17.2 Å². The number of ether oxygens (including phenoxy) is 3. The molecule has 2 rings (SSSR count). The van der Waals surface area contributed by atoms with Gasteiger partial charge < -0.3 is 19.5 Å². The molecule has 0 unspecified atom stereocenters. The van der Waals surface area contributed by atoms with E-state index in [4.69, 9.17) is 14.2 Å². The minimum atomic E-state index is 0. The average molecular weight is 274 g/mol. The molecule has 1 fully saturated rings. The normalized spacial score (nSPS) is 15.7. The SMILES string of the molecule is COc1ccc(OC2CCNCC2)cc1OC.Cl. The summed E-state index contributed by atoms with van der Waals surface area (Å²) in [7, 11) is 3.26. The Bertz CT molecular complexity index is 367. The van der Waals surface area contributed by atoms with Crippen molar-refractivity contribution in [1.29, 1.82) is 0 Å². The standard InChI is InChI=1S/C13H19NO3.ClH/c1-15-12-4-3-11(9-13(12)16-2)17-10-5-7-14-8-6-10;/h3-4,9-10,14H,5-8H2,1-2H3;1H. The zero-order valence-electron chi connectivity index (χ0n) is 10.8. The molecular formula is C13H20ClNO3. The van der Waals surface area contributed by atoms with Crippen molar-refractivity contribution in [3.05, 3.63) is 18.2 Å². The van der Waals surface area contributed by atoms with Crippen LogP contribution >= 0.6 is 12.4 Å². The van der Waals surface area contributed by atoms with Gasteiger partial charge in [0.1, 0.15) is 11.9 Å². The Morgan fingerprint density at radius 2 is 1.72 bits per heavy atom. The Morgan fingerprint density at radius 3 is 2.33 bits per heavy atom. The Kier molecular flexibility index (Phi) is 6.09. The molecule has 0 atom stereocenters. The van der Waals surface area contributed by atoms with Crippen molar-refractivity contribution < 1.29 is 14.2 Å². The van der Waals surface area contributed by atoms with E-state index in [1.165, 1.54) is 0 Å². The van der Waals surface area contributed by atoms with Crippen molar-refractivity contribution >= 4 is 12.4 Å². The van der Waals surface area contributed by atoms with Crippen LogP contribution in [-0.4, -0.2) is 33.4 Å². The minimum absolute atomic E-state index is 0. The zero-order chi connectivity index (χ0) is 12.1. The third kappa shape index (κ3) is 3.68. The fourth-order valence-corrected chi connectivity index (χ4v) is 2.00. The second kappa shape index (κ2) is 7.34. The van der Waals surface area contributed by atoms with Crippen molar-refractivity contribution in [2.45, 2.75) is 18.9 Å². The smallest absolute Gasteiger partial charge is 0.164 e. The highest BCUT2D eigenvalue weighted by Crippen LogP contribution is 2.31. The van der Waals surface area contributed by atoms with E-state index in [0.717, 1.165) is 37.4 Å². The monoisotopic (exact) mass is 273 g/mol. The van der Waals surface area contributed by atoms with Crippen LogP contribution < -0.4 is 19.5 Å². The highest BCUT2D eigenvalue weighted by molar-refractivity contribution is 5.85. The Morgan fingerprint density at radius 1 is 1.06 bits per heavy atom. The van der Waals surface area contributed by atoms with Crippen LogP contribution in [0.25, 0.3) is 0 Å². The first kappa shape index (κ1) is 14.9. The molecule has 1 aliphatic heterocycles. The third-order valence-corrected chi connectivity index (χ3v) is 2.94. The van der Waals surface area contributed by atoms with Crippen molar-refractivity contribution in [3.63, 3.8) is 0 Å². The Hall–Kier alpha value is -1.13. The number of hydrogen-bond acceptors (Lipinski definition) is 4. The first-order valence-electron chi connectivity index (χ1n) is 5.93. The minimum Gasteiger partial charge on any atom is -0.493 e. The molecule has 1 aromatic carbocycles. The second-order valence-corrected chi connectivity index (χ2v) is 4.08. The maximum atomic E-state index is 5.92. The predicted molar refractivity (Wildman–Crippen MR) is 73.3 cm³/mol. The summed E-state index contributed by atoms with van der Waals surface area (Å²) in [4.78, 5) is 0. The fraction of sp³-hybridized carbons (Fsp3) is 0.538. The number of benzene rings is 1. The van der Waals surface area contributed by atoms with Gasteiger partial charge in [-0.2, -0.15) is 0 Å². The molecule has 1 saturated heterocycles. The summed E-state index contributed by atoms with van der Waals surface area (Å²) >= 11 is 0. The Balaban J connectivity index is 0.00000162. The van der Waals surface area contributed by atoms with Gasteiger partial charge in [-0.3, -0.25) is 0 Å². The summed E-state index contributed by atoms with van der Waals surface area (Å²) < 4.78 is 16.4. The number of hydrogen-bond donors (Lipinski definition) is 1. The number of nitrogens with one attached hydrogen (secondary N) is 1. The van der Waals surface area contributed by atoms with E-state index in [9.17, 15) is 0 Å². The van der Waals surface area contributed by atoms with E-state index in [0.29, 0.717) is 11.9 Å². The van der Waals surface area contributed by atoms with Gasteiger partial charge in [0.25, 0.3) is 0 Å². The number of rotatable bonds is 4. The topological polar surface area (TPSA) is 39.7 Å². The molecule has 0 bridgehead atoms. The van der Waals surface area contributed by atoms with E-state index in [1.54, 1.807) is 14.2 Å². The van der Waals surface area contributed by atoms with Gasteiger partial charge in [-0.1, -0.05) is 0 Å². The van der Waals surface area contributed by atoms with Crippen LogP contribution in [-0.2, 0) is 0 Å². The number of halogens is 1. The molecule has 0 spiro atoms. The van der Waals surface area contributed by atoms with Crippen LogP contribution in [0.1, 0.15) is 12.8 Å². The lowest BCUT2D eigenvalue weighted by Gasteiger charge is -2.24. The maximum Gasteiger partial charge on any atom is 0.164 e. The van der Waals surface area contributed by atoms with Crippen LogP contribution in [0, 0.1) is 0 Å². The van der Waals surface area contributed by atoms with Gasteiger partial charge >= 0.3 is 0 Å². The lowest BCUT2D eigenvalue weighted by atomic mass is 10.1. The van der Waals surface area contributed by atoms with E-state index >= 15 is 0 Å². The summed E-state index contributed by atoms with van der Waals surface area (Å²) in [6, 6.07) is 5.67. The van der Waals surface area contributed by atoms with E-state index < -0.39 is 0 Å². The van der Waals surface area contributed by atoms with E-state index in [2.05, 4.69) is 5.32 Å². The van der Waals surface area contributed by atoms with Gasteiger partial charge in [0.2, 0.25) is 0 Å². The lowest BCUT2D eigenvalue weighted by molar-refractivity contribution is 0.162. The first-order valence-corrected chi connectivity index (χ1v) is 5.93. The molecule has 0 aliphatic carbocycles. The molecule has 1 aromatic rings. The first-order chi connectivity index (χ1) is 8.33. The van der Waals surface area contributed by atoms with Gasteiger partial charge in [0.15, 0.2) is 11.5 Å². The summed E-state index contributed by atoms with van der Waals surface area (Å²) in [5.74, 6) is 2.28. The quantitative estimate of drug-likeness (QED) is 0.913. The molecule has 4 nitrogen and oxygen atoms in total. The number of piperidine rings is 1. The van der Waals surface area contributed by atoms with E-state index in [-0.39, 0.29) is 12.4 Å². The van der Waals surface area contributed by atoms with Crippen molar-refractivity contribution in [2.75, 3.05) is 27.3 Å². The Labute approximate surface area is 114 Å². The lowest BCUT2D eigenvalue weighted by Crippen LogP contribution is -2.34. The third-order valence-electron chi connectivity index (χ3n) is 2.94. The van der Waals surface area contributed by atoms with E-state index in [1.807, 2.05) is 18.2 Å². The predicted octanol–water partition coefficient (Wildman–Crippen LogP) is 2.26. The van der Waals surface area contributed by atoms with Crippen LogP contribution in [0.2, 0.25) is 0 Å². The molecule has 1 N–H and O–H groups in total. The molecule has 102 valence electrons. The molecule has 0 aromatic heterocycles. The van der Waals surface area contributed by atoms with Gasteiger partial charge in [-0.25, -0.2) is 0 Å². The fourth-order valence-electron chi connectivity index (χ4n) is 2.00. The van der Waals surface area contributed by atoms with Gasteiger partial charge in [0, 0.05) is 6.07 Å². The molecule has 5 heteroatoms. The summed E-state index contributed by atoms with van der Waals surface area (Å²) in [6.07, 6.45) is 2.40. The highest BCUT2D eigenvalue weighted by Gasteiger charge is 2.15. The maximum absolute atomic E-state index is 5.92. The summed E-state index contributed by atoms with van der Waals surface area (Å²) in [5.41, 5.74) is 0. The van der Waals surface area contributed by atoms with Crippen molar-refractivity contribution in [1.82, 2.24) is 5.32 Å². The average Bonchev–Trinajstić information content (AvgIpc) is 2.40. The summed E-state index contributed by atoms with van der Waals surface area (Å²) in [5, 5.41) is 3.32.